The van der Waals surface area contributed by atoms with Crippen LogP contribution in [0.1, 0.15) is 51.4 Å². The van der Waals surface area contributed by atoms with E-state index < -0.39 is 0 Å². The van der Waals surface area contributed by atoms with Crippen LogP contribution in [-0.2, 0) is 0 Å². The quantitative estimate of drug-likeness (QED) is 0.726. The first-order valence-corrected chi connectivity index (χ1v) is 6.26. The fourth-order valence-corrected chi connectivity index (χ4v) is 2.87. The third kappa shape index (κ3) is 2.96. The van der Waals surface area contributed by atoms with Crippen LogP contribution in [0.5, 0.6) is 0 Å². The van der Waals surface area contributed by atoms with Crippen LogP contribution in [0.4, 0.5) is 0 Å². The van der Waals surface area contributed by atoms with Crippen molar-refractivity contribution in [2.75, 3.05) is 6.54 Å². The molecule has 0 aliphatic heterocycles. The van der Waals surface area contributed by atoms with Crippen molar-refractivity contribution in [2.24, 2.45) is 5.92 Å². The van der Waals surface area contributed by atoms with Crippen molar-refractivity contribution in [3.05, 3.63) is 0 Å². The van der Waals surface area contributed by atoms with Crippen LogP contribution in [0, 0.1) is 5.92 Å². The monoisotopic (exact) mass is 197 g/mol. The van der Waals surface area contributed by atoms with Gasteiger partial charge in [0, 0.05) is 6.04 Å². The van der Waals surface area contributed by atoms with Crippen LogP contribution < -0.4 is 5.32 Å². The van der Waals surface area contributed by atoms with Gasteiger partial charge in [-0.3, -0.25) is 0 Å². The van der Waals surface area contributed by atoms with Crippen LogP contribution >= 0.6 is 0 Å². The van der Waals surface area contributed by atoms with Crippen molar-refractivity contribution < 1.29 is 5.11 Å². The number of hydrogen-bond acceptors (Lipinski definition) is 2. The molecule has 2 N–H and O–H groups in total. The number of aliphatic hydroxyl groups excluding tert-OH is 1. The Labute approximate surface area is 87.1 Å². The summed E-state index contributed by atoms with van der Waals surface area (Å²) in [5.41, 5.74) is 0. The van der Waals surface area contributed by atoms with Crippen molar-refractivity contribution in [1.29, 1.82) is 0 Å². The summed E-state index contributed by atoms with van der Waals surface area (Å²) in [6.07, 6.45) is 10.3. The first kappa shape index (κ1) is 10.4. The molecule has 0 bridgehead atoms. The average molecular weight is 197 g/mol. The van der Waals surface area contributed by atoms with Gasteiger partial charge in [-0.25, -0.2) is 0 Å². The maximum atomic E-state index is 9.41. The Morgan fingerprint density at radius 2 is 1.79 bits per heavy atom. The van der Waals surface area contributed by atoms with E-state index in [4.69, 9.17) is 0 Å². The van der Waals surface area contributed by atoms with Gasteiger partial charge in [-0.1, -0.05) is 19.3 Å². The highest BCUT2D eigenvalue weighted by molar-refractivity contribution is 4.79. The van der Waals surface area contributed by atoms with Gasteiger partial charge in [0.2, 0.25) is 0 Å². The van der Waals surface area contributed by atoms with E-state index in [1.807, 2.05) is 0 Å². The molecule has 0 aromatic heterocycles. The van der Waals surface area contributed by atoms with Gasteiger partial charge in [0.15, 0.2) is 0 Å². The van der Waals surface area contributed by atoms with E-state index in [9.17, 15) is 5.11 Å². The van der Waals surface area contributed by atoms with Crippen molar-refractivity contribution >= 4 is 0 Å². The summed E-state index contributed by atoms with van der Waals surface area (Å²) in [5, 5.41) is 13.1. The standard InChI is InChI=1S/C12H23NO/c14-12-7-6-10(8-12)9-13-11-4-2-1-3-5-11/h10-14H,1-9H2. The summed E-state index contributed by atoms with van der Waals surface area (Å²) in [4.78, 5) is 0. The SMILES string of the molecule is OC1CCC(CNC2CCCCC2)C1. The summed E-state index contributed by atoms with van der Waals surface area (Å²) in [6, 6.07) is 0.779. The smallest absolute Gasteiger partial charge is 0.0543 e. The molecule has 2 aliphatic carbocycles. The molecule has 0 heterocycles. The highest BCUT2D eigenvalue weighted by Crippen LogP contribution is 2.25. The van der Waals surface area contributed by atoms with Gasteiger partial charge in [-0.15, -0.1) is 0 Å². The van der Waals surface area contributed by atoms with E-state index in [1.165, 1.54) is 38.5 Å². The lowest BCUT2D eigenvalue weighted by Crippen LogP contribution is -2.34. The Morgan fingerprint density at radius 1 is 1.00 bits per heavy atom. The molecule has 0 amide bonds. The Bertz CT molecular complexity index is 161. The van der Waals surface area contributed by atoms with Gasteiger partial charge in [-0.05, 0) is 44.6 Å². The van der Waals surface area contributed by atoms with Crippen molar-refractivity contribution in [2.45, 2.75) is 63.5 Å². The largest absolute Gasteiger partial charge is 0.393 e. The second-order valence-corrected chi connectivity index (χ2v) is 5.08. The predicted octanol–water partition coefficient (Wildman–Crippen LogP) is 2.07. The zero-order chi connectivity index (χ0) is 9.80. The summed E-state index contributed by atoms with van der Waals surface area (Å²) in [7, 11) is 0. The molecule has 0 aromatic rings. The topological polar surface area (TPSA) is 32.3 Å². The molecule has 2 heteroatoms. The van der Waals surface area contributed by atoms with Gasteiger partial charge < -0.3 is 10.4 Å². The minimum atomic E-state index is -0.00634. The van der Waals surface area contributed by atoms with Crippen LogP contribution in [-0.4, -0.2) is 23.8 Å². The number of rotatable bonds is 3. The lowest BCUT2D eigenvalue weighted by Gasteiger charge is -2.24. The minimum Gasteiger partial charge on any atom is -0.393 e. The molecule has 0 aromatic carbocycles. The molecule has 0 spiro atoms. The van der Waals surface area contributed by atoms with E-state index in [0.29, 0.717) is 0 Å². The van der Waals surface area contributed by atoms with Crippen molar-refractivity contribution in [1.82, 2.24) is 5.32 Å². The van der Waals surface area contributed by atoms with Crippen LogP contribution in [0.25, 0.3) is 0 Å². The summed E-state index contributed by atoms with van der Waals surface area (Å²) in [6.45, 7) is 1.14. The normalized spacial score (nSPS) is 34.9. The maximum absolute atomic E-state index is 9.41. The van der Waals surface area contributed by atoms with Gasteiger partial charge in [-0.2, -0.15) is 0 Å². The Hall–Kier alpha value is -0.0800. The van der Waals surface area contributed by atoms with E-state index >= 15 is 0 Å². The van der Waals surface area contributed by atoms with Crippen molar-refractivity contribution in [3.63, 3.8) is 0 Å². The fourth-order valence-electron chi connectivity index (χ4n) is 2.87. The van der Waals surface area contributed by atoms with Crippen LogP contribution in [0.3, 0.4) is 0 Å². The van der Waals surface area contributed by atoms with Crippen molar-refractivity contribution in [3.8, 4) is 0 Å². The number of hydrogen-bond donors (Lipinski definition) is 2. The Morgan fingerprint density at radius 3 is 2.43 bits per heavy atom. The van der Waals surface area contributed by atoms with Crippen LogP contribution in [0.15, 0.2) is 0 Å². The third-order valence-electron chi connectivity index (χ3n) is 3.81. The maximum Gasteiger partial charge on any atom is 0.0543 e. The van der Waals surface area contributed by atoms with Gasteiger partial charge in [0.05, 0.1) is 6.10 Å². The predicted molar refractivity (Wildman–Crippen MR) is 58.2 cm³/mol. The number of nitrogens with one attached hydrogen (secondary N) is 1. The summed E-state index contributed by atoms with van der Waals surface area (Å²) >= 11 is 0. The highest BCUT2D eigenvalue weighted by Gasteiger charge is 2.23. The Balaban J connectivity index is 1.61. The molecule has 2 unspecified atom stereocenters. The van der Waals surface area contributed by atoms with Gasteiger partial charge in [0.1, 0.15) is 0 Å². The molecule has 2 saturated carbocycles. The lowest BCUT2D eigenvalue weighted by atomic mass is 9.95. The van der Waals surface area contributed by atoms with Crippen LogP contribution in [0.2, 0.25) is 0 Å². The van der Waals surface area contributed by atoms with E-state index in [-0.39, 0.29) is 6.10 Å². The zero-order valence-electron chi connectivity index (χ0n) is 9.04. The first-order chi connectivity index (χ1) is 6.84. The van der Waals surface area contributed by atoms with E-state index in [0.717, 1.165) is 31.3 Å². The molecule has 2 aliphatic rings. The molecule has 2 nitrogen and oxygen atoms in total. The number of aliphatic hydroxyl groups is 1. The molecular formula is C12H23NO. The molecule has 2 rings (SSSR count). The second-order valence-electron chi connectivity index (χ2n) is 5.08. The minimum absolute atomic E-state index is 0.00634. The molecule has 0 radical (unpaired) electrons. The molecule has 82 valence electrons. The molecule has 2 fully saturated rings. The third-order valence-corrected chi connectivity index (χ3v) is 3.81. The second kappa shape index (κ2) is 5.13. The summed E-state index contributed by atoms with van der Waals surface area (Å²) in [5.74, 6) is 0.743. The van der Waals surface area contributed by atoms with E-state index in [2.05, 4.69) is 5.32 Å². The van der Waals surface area contributed by atoms with Gasteiger partial charge >= 0.3 is 0 Å². The molecule has 14 heavy (non-hydrogen) atoms. The van der Waals surface area contributed by atoms with Gasteiger partial charge in [0.25, 0.3) is 0 Å². The Kier molecular flexibility index (Phi) is 3.82. The zero-order valence-corrected chi connectivity index (χ0v) is 9.04. The first-order valence-electron chi connectivity index (χ1n) is 6.26. The highest BCUT2D eigenvalue weighted by atomic mass is 16.3. The molecule has 2 atom stereocenters. The average Bonchev–Trinajstić information content (AvgIpc) is 2.63. The van der Waals surface area contributed by atoms with E-state index in [1.54, 1.807) is 0 Å². The molecular weight excluding hydrogens is 174 g/mol. The summed E-state index contributed by atoms with van der Waals surface area (Å²) < 4.78 is 0. The molecule has 0 saturated heterocycles. The fraction of sp³-hybridized carbons (Fsp3) is 1.00. The lowest BCUT2D eigenvalue weighted by molar-refractivity contribution is 0.176.